The lowest BCUT2D eigenvalue weighted by molar-refractivity contribution is 0.254. The molecule has 0 aliphatic heterocycles. The van der Waals surface area contributed by atoms with Crippen LogP contribution >= 0.6 is 0 Å². The van der Waals surface area contributed by atoms with Crippen molar-refractivity contribution in [3.8, 4) is 5.82 Å². The summed E-state index contributed by atoms with van der Waals surface area (Å²) in [5.41, 5.74) is 2.84. The van der Waals surface area contributed by atoms with E-state index in [-0.39, 0.29) is 5.41 Å². The minimum absolute atomic E-state index is 0.262. The minimum Gasteiger partial charge on any atom is -0.310 e. The first kappa shape index (κ1) is 14.2. The Hall–Kier alpha value is -1.75. The molecular formula is C16H23N5. The average molecular weight is 285 g/mol. The Labute approximate surface area is 125 Å². The van der Waals surface area contributed by atoms with Crippen LogP contribution in [0.5, 0.6) is 0 Å². The largest absolute Gasteiger partial charge is 0.310 e. The molecule has 1 N–H and O–H groups in total. The first-order chi connectivity index (χ1) is 10.1. The van der Waals surface area contributed by atoms with Gasteiger partial charge in [0.2, 0.25) is 0 Å². The third-order valence-electron chi connectivity index (χ3n) is 4.09. The van der Waals surface area contributed by atoms with Gasteiger partial charge in [0, 0.05) is 24.0 Å². The maximum absolute atomic E-state index is 4.57. The van der Waals surface area contributed by atoms with Gasteiger partial charge in [0.05, 0.1) is 18.1 Å². The molecule has 0 saturated carbocycles. The molecule has 1 aliphatic rings. The molecule has 3 rings (SSSR count). The molecule has 1 unspecified atom stereocenters. The molecule has 1 aliphatic carbocycles. The van der Waals surface area contributed by atoms with Crippen LogP contribution in [0.1, 0.15) is 50.9 Å². The summed E-state index contributed by atoms with van der Waals surface area (Å²) in [6.07, 6.45) is 10.5. The van der Waals surface area contributed by atoms with Crippen molar-refractivity contribution in [3.63, 3.8) is 0 Å². The summed E-state index contributed by atoms with van der Waals surface area (Å²) in [6, 6.07) is 0.383. The van der Waals surface area contributed by atoms with Crippen LogP contribution in [-0.2, 0) is 6.42 Å². The summed E-state index contributed by atoms with van der Waals surface area (Å²) in [4.78, 5) is 8.54. The molecule has 2 heterocycles. The zero-order valence-corrected chi connectivity index (χ0v) is 13.0. The molecule has 112 valence electrons. The van der Waals surface area contributed by atoms with Crippen LogP contribution in [0.4, 0.5) is 0 Å². The Kier molecular flexibility index (Phi) is 3.76. The first-order valence-electron chi connectivity index (χ1n) is 7.67. The fourth-order valence-corrected chi connectivity index (χ4v) is 3.14. The van der Waals surface area contributed by atoms with E-state index in [1.807, 2.05) is 10.9 Å². The highest BCUT2D eigenvalue weighted by Gasteiger charge is 2.35. The van der Waals surface area contributed by atoms with Crippen molar-refractivity contribution in [1.29, 1.82) is 0 Å². The Morgan fingerprint density at radius 1 is 1.33 bits per heavy atom. The van der Waals surface area contributed by atoms with Gasteiger partial charge in [-0.2, -0.15) is 5.10 Å². The van der Waals surface area contributed by atoms with E-state index in [0.717, 1.165) is 31.6 Å². The Balaban J connectivity index is 2.00. The average Bonchev–Trinajstić information content (AvgIpc) is 2.88. The SMILES string of the molecule is CCCNC1CC(C)(C)Cc2c1cnn2-c1cnccn1. The molecule has 5 nitrogen and oxygen atoms in total. The van der Waals surface area contributed by atoms with Crippen molar-refractivity contribution in [2.45, 2.75) is 46.1 Å². The topological polar surface area (TPSA) is 55.6 Å². The second kappa shape index (κ2) is 5.56. The maximum atomic E-state index is 4.57. The van der Waals surface area contributed by atoms with Crippen molar-refractivity contribution in [1.82, 2.24) is 25.1 Å². The summed E-state index contributed by atoms with van der Waals surface area (Å²) < 4.78 is 1.95. The van der Waals surface area contributed by atoms with Gasteiger partial charge in [0.1, 0.15) is 0 Å². The summed E-state index contributed by atoms with van der Waals surface area (Å²) in [5, 5.41) is 8.22. The van der Waals surface area contributed by atoms with Gasteiger partial charge in [-0.1, -0.05) is 20.8 Å². The molecule has 0 amide bonds. The lowest BCUT2D eigenvalue weighted by Gasteiger charge is -2.36. The van der Waals surface area contributed by atoms with Crippen molar-refractivity contribution in [3.05, 3.63) is 36.0 Å². The van der Waals surface area contributed by atoms with E-state index in [0.29, 0.717) is 6.04 Å². The summed E-state index contributed by atoms with van der Waals surface area (Å²) in [7, 11) is 0. The van der Waals surface area contributed by atoms with Gasteiger partial charge >= 0.3 is 0 Å². The lowest BCUT2D eigenvalue weighted by atomic mass is 9.74. The smallest absolute Gasteiger partial charge is 0.172 e. The van der Waals surface area contributed by atoms with Crippen LogP contribution in [0.3, 0.4) is 0 Å². The molecule has 0 bridgehead atoms. The zero-order valence-electron chi connectivity index (χ0n) is 13.0. The second-order valence-corrected chi connectivity index (χ2v) is 6.57. The van der Waals surface area contributed by atoms with Crippen LogP contribution in [0.25, 0.3) is 5.82 Å². The van der Waals surface area contributed by atoms with Gasteiger partial charge in [-0.25, -0.2) is 9.67 Å². The normalized spacial score (nSPS) is 20.2. The van der Waals surface area contributed by atoms with Gasteiger partial charge in [-0.05, 0) is 31.2 Å². The van der Waals surface area contributed by atoms with E-state index in [1.54, 1.807) is 18.6 Å². The Bertz CT molecular complexity index is 602. The summed E-state index contributed by atoms with van der Waals surface area (Å²) >= 11 is 0. The van der Waals surface area contributed by atoms with Crippen molar-refractivity contribution >= 4 is 0 Å². The highest BCUT2D eigenvalue weighted by Crippen LogP contribution is 2.41. The van der Waals surface area contributed by atoms with E-state index >= 15 is 0 Å². The molecule has 0 radical (unpaired) electrons. The van der Waals surface area contributed by atoms with E-state index in [2.05, 4.69) is 41.2 Å². The predicted molar refractivity (Wildman–Crippen MR) is 82.3 cm³/mol. The van der Waals surface area contributed by atoms with Crippen molar-refractivity contribution in [2.24, 2.45) is 5.41 Å². The fraction of sp³-hybridized carbons (Fsp3) is 0.562. The Morgan fingerprint density at radius 3 is 2.90 bits per heavy atom. The number of nitrogens with zero attached hydrogens (tertiary/aromatic N) is 4. The monoisotopic (exact) mass is 285 g/mol. The van der Waals surface area contributed by atoms with Crippen LogP contribution in [0.15, 0.2) is 24.8 Å². The maximum Gasteiger partial charge on any atom is 0.172 e. The predicted octanol–water partition coefficient (Wildman–Crippen LogP) is 2.68. The molecule has 0 aromatic carbocycles. The molecule has 5 heteroatoms. The quantitative estimate of drug-likeness (QED) is 0.938. The van der Waals surface area contributed by atoms with Crippen molar-refractivity contribution in [2.75, 3.05) is 6.54 Å². The molecule has 21 heavy (non-hydrogen) atoms. The molecule has 0 spiro atoms. The Morgan fingerprint density at radius 2 is 2.19 bits per heavy atom. The molecule has 0 fully saturated rings. The van der Waals surface area contributed by atoms with E-state index in [1.165, 1.54) is 11.3 Å². The molecule has 2 aromatic heterocycles. The van der Waals surface area contributed by atoms with Gasteiger partial charge < -0.3 is 5.32 Å². The van der Waals surface area contributed by atoms with Crippen LogP contribution in [0, 0.1) is 5.41 Å². The molecular weight excluding hydrogens is 262 g/mol. The van der Waals surface area contributed by atoms with Crippen LogP contribution in [-0.4, -0.2) is 26.3 Å². The third kappa shape index (κ3) is 2.83. The third-order valence-corrected chi connectivity index (χ3v) is 4.09. The van der Waals surface area contributed by atoms with Gasteiger partial charge in [-0.3, -0.25) is 4.98 Å². The number of nitrogens with one attached hydrogen (secondary N) is 1. The highest BCUT2D eigenvalue weighted by atomic mass is 15.3. The first-order valence-corrected chi connectivity index (χ1v) is 7.67. The fourth-order valence-electron chi connectivity index (χ4n) is 3.14. The molecule has 0 saturated heterocycles. The summed E-state index contributed by atoms with van der Waals surface area (Å²) in [5.74, 6) is 0.797. The number of hydrogen-bond acceptors (Lipinski definition) is 4. The molecule has 1 atom stereocenters. The van der Waals surface area contributed by atoms with Gasteiger partial charge in [-0.15, -0.1) is 0 Å². The van der Waals surface area contributed by atoms with Crippen molar-refractivity contribution < 1.29 is 0 Å². The number of fused-ring (bicyclic) bond motifs is 1. The minimum atomic E-state index is 0.262. The van der Waals surface area contributed by atoms with Crippen LogP contribution < -0.4 is 5.32 Å². The van der Waals surface area contributed by atoms with Crippen LogP contribution in [0.2, 0.25) is 0 Å². The highest BCUT2D eigenvalue weighted by molar-refractivity contribution is 5.32. The summed E-state index contributed by atoms with van der Waals surface area (Å²) in [6.45, 7) is 7.89. The number of rotatable bonds is 4. The van der Waals surface area contributed by atoms with Gasteiger partial charge in [0.25, 0.3) is 0 Å². The number of hydrogen-bond donors (Lipinski definition) is 1. The lowest BCUT2D eigenvalue weighted by Crippen LogP contribution is -2.34. The standard InChI is InChI=1S/C16H23N5/c1-4-5-18-13-8-16(2,3)9-14-12(13)10-20-21(14)15-11-17-6-7-19-15/h6-7,10-11,13,18H,4-5,8-9H2,1-3H3. The second-order valence-electron chi connectivity index (χ2n) is 6.57. The van der Waals surface area contributed by atoms with E-state index < -0.39 is 0 Å². The van der Waals surface area contributed by atoms with E-state index in [9.17, 15) is 0 Å². The van der Waals surface area contributed by atoms with E-state index in [4.69, 9.17) is 0 Å². The molecule has 2 aromatic rings. The number of aromatic nitrogens is 4. The van der Waals surface area contributed by atoms with Gasteiger partial charge in [0.15, 0.2) is 5.82 Å². The zero-order chi connectivity index (χ0) is 14.9.